The molecule has 5 nitrogen and oxygen atoms in total. The van der Waals surface area contributed by atoms with Gasteiger partial charge < -0.3 is 14.8 Å². The number of amides is 1. The highest BCUT2D eigenvalue weighted by Gasteiger charge is 2.24. The normalized spacial score (nSPS) is 15.4. The van der Waals surface area contributed by atoms with Crippen LogP contribution >= 0.6 is 23.4 Å². The van der Waals surface area contributed by atoms with Gasteiger partial charge >= 0.3 is 0 Å². The van der Waals surface area contributed by atoms with E-state index in [-0.39, 0.29) is 5.91 Å². The van der Waals surface area contributed by atoms with E-state index in [1.807, 2.05) is 97.9 Å². The standard InChI is InChI=1S/C29H23ClN2O3S/c1-2-34-26-16-20(12-15-25(26)35-18-19-10-13-22(30)14-11-19)17-27-28(33)32-29(36-27)31-24-9-5-7-21-6-3-4-8-23(21)24/h3-17H,2,18H2,1H3,(H,31,32,33)/b27-17-. The van der Waals surface area contributed by atoms with Gasteiger partial charge in [-0.15, -0.1) is 0 Å². The first kappa shape index (κ1) is 24.0. The number of amidine groups is 1. The van der Waals surface area contributed by atoms with E-state index in [1.54, 1.807) is 0 Å². The van der Waals surface area contributed by atoms with Gasteiger partial charge in [0.2, 0.25) is 0 Å². The second kappa shape index (κ2) is 10.9. The Labute approximate surface area is 218 Å². The van der Waals surface area contributed by atoms with Gasteiger partial charge in [0.15, 0.2) is 16.7 Å². The molecule has 1 aliphatic heterocycles. The van der Waals surface area contributed by atoms with Gasteiger partial charge in [-0.1, -0.05) is 66.2 Å². The first-order valence-electron chi connectivity index (χ1n) is 11.5. The van der Waals surface area contributed by atoms with Crippen LogP contribution in [0.4, 0.5) is 5.69 Å². The molecular weight excluding hydrogens is 492 g/mol. The molecule has 4 aromatic carbocycles. The molecule has 1 fully saturated rings. The summed E-state index contributed by atoms with van der Waals surface area (Å²) in [6.45, 7) is 2.81. The van der Waals surface area contributed by atoms with Crippen molar-refractivity contribution in [1.82, 2.24) is 5.32 Å². The number of carbonyl (C=O) groups excluding carboxylic acids is 1. The summed E-state index contributed by atoms with van der Waals surface area (Å²) in [4.78, 5) is 17.9. The predicted molar refractivity (Wildman–Crippen MR) is 148 cm³/mol. The lowest BCUT2D eigenvalue weighted by atomic mass is 10.1. The quantitative estimate of drug-likeness (QED) is 0.262. The van der Waals surface area contributed by atoms with Crippen LogP contribution in [-0.2, 0) is 11.4 Å². The van der Waals surface area contributed by atoms with Crippen molar-refractivity contribution in [3.05, 3.63) is 106 Å². The van der Waals surface area contributed by atoms with Crippen molar-refractivity contribution in [3.63, 3.8) is 0 Å². The van der Waals surface area contributed by atoms with Crippen LogP contribution in [0.25, 0.3) is 16.8 Å². The Kier molecular flexibility index (Phi) is 7.26. The third-order valence-corrected chi connectivity index (χ3v) is 6.67. The van der Waals surface area contributed by atoms with E-state index in [0.29, 0.717) is 39.8 Å². The number of carbonyl (C=O) groups is 1. The van der Waals surface area contributed by atoms with Gasteiger partial charge in [0.1, 0.15) is 6.61 Å². The Bertz CT molecular complexity index is 1480. The number of fused-ring (bicyclic) bond motifs is 1. The highest BCUT2D eigenvalue weighted by atomic mass is 35.5. The lowest BCUT2D eigenvalue weighted by molar-refractivity contribution is -0.115. The Hall–Kier alpha value is -3.74. The van der Waals surface area contributed by atoms with Crippen molar-refractivity contribution in [2.45, 2.75) is 13.5 Å². The maximum Gasteiger partial charge on any atom is 0.264 e. The molecule has 1 amide bonds. The Balaban J connectivity index is 1.35. The average Bonchev–Trinajstić information content (AvgIpc) is 3.23. The maximum absolute atomic E-state index is 12.7. The van der Waals surface area contributed by atoms with E-state index in [9.17, 15) is 4.79 Å². The minimum absolute atomic E-state index is 0.181. The van der Waals surface area contributed by atoms with Crippen molar-refractivity contribution >= 4 is 57.0 Å². The van der Waals surface area contributed by atoms with Gasteiger partial charge in [-0.25, -0.2) is 4.99 Å². The SMILES string of the molecule is CCOc1cc(/C=C2\SC(=Nc3cccc4ccccc34)NC2=O)ccc1OCc1ccc(Cl)cc1. The van der Waals surface area contributed by atoms with Crippen LogP contribution in [-0.4, -0.2) is 17.7 Å². The zero-order valence-electron chi connectivity index (χ0n) is 19.5. The zero-order valence-corrected chi connectivity index (χ0v) is 21.1. The van der Waals surface area contributed by atoms with Crippen LogP contribution in [0.2, 0.25) is 5.02 Å². The van der Waals surface area contributed by atoms with Gasteiger partial charge in [-0.3, -0.25) is 4.79 Å². The van der Waals surface area contributed by atoms with Crippen molar-refractivity contribution in [2.24, 2.45) is 4.99 Å². The van der Waals surface area contributed by atoms with Gasteiger partial charge in [-0.05, 0) is 71.6 Å². The molecule has 0 aromatic heterocycles. The molecule has 36 heavy (non-hydrogen) atoms. The van der Waals surface area contributed by atoms with Crippen LogP contribution in [0.15, 0.2) is 94.8 Å². The molecular formula is C29H23ClN2O3S. The molecule has 5 rings (SSSR count). The summed E-state index contributed by atoms with van der Waals surface area (Å²) in [7, 11) is 0. The van der Waals surface area contributed by atoms with E-state index in [1.165, 1.54) is 11.8 Å². The topological polar surface area (TPSA) is 59.9 Å². The molecule has 1 aliphatic rings. The van der Waals surface area contributed by atoms with Crippen molar-refractivity contribution in [3.8, 4) is 11.5 Å². The predicted octanol–water partition coefficient (Wildman–Crippen LogP) is 7.36. The third kappa shape index (κ3) is 5.56. The monoisotopic (exact) mass is 514 g/mol. The van der Waals surface area contributed by atoms with Gasteiger partial charge in [-0.2, -0.15) is 0 Å². The summed E-state index contributed by atoms with van der Waals surface area (Å²) in [5, 5.41) is 6.25. The molecule has 0 spiro atoms. The molecule has 0 atom stereocenters. The van der Waals surface area contributed by atoms with E-state index in [2.05, 4.69) is 5.32 Å². The molecule has 0 aliphatic carbocycles. The van der Waals surface area contributed by atoms with Crippen molar-refractivity contribution in [2.75, 3.05) is 6.61 Å². The number of aliphatic imine (C=N–C) groups is 1. The second-order valence-electron chi connectivity index (χ2n) is 8.03. The number of nitrogens with zero attached hydrogens (tertiary/aromatic N) is 1. The third-order valence-electron chi connectivity index (χ3n) is 5.51. The number of benzene rings is 4. The molecule has 0 radical (unpaired) electrons. The molecule has 0 bridgehead atoms. The fraction of sp³-hybridized carbons (Fsp3) is 0.103. The number of thioether (sulfide) groups is 1. The van der Waals surface area contributed by atoms with Gasteiger partial charge in [0, 0.05) is 10.4 Å². The number of halogens is 1. The van der Waals surface area contributed by atoms with E-state index in [4.69, 9.17) is 26.1 Å². The smallest absolute Gasteiger partial charge is 0.264 e. The van der Waals surface area contributed by atoms with Crippen LogP contribution in [0.3, 0.4) is 0 Å². The molecule has 7 heteroatoms. The lowest BCUT2D eigenvalue weighted by Crippen LogP contribution is -2.19. The van der Waals surface area contributed by atoms with Crippen LogP contribution < -0.4 is 14.8 Å². The Morgan fingerprint density at radius 1 is 0.944 bits per heavy atom. The van der Waals surface area contributed by atoms with Gasteiger partial charge in [0.25, 0.3) is 5.91 Å². The molecule has 1 saturated heterocycles. The number of nitrogens with one attached hydrogen (secondary N) is 1. The molecule has 4 aromatic rings. The Morgan fingerprint density at radius 2 is 1.75 bits per heavy atom. The zero-order chi connectivity index (χ0) is 24.9. The van der Waals surface area contributed by atoms with Crippen LogP contribution in [0, 0.1) is 0 Å². The average molecular weight is 515 g/mol. The summed E-state index contributed by atoms with van der Waals surface area (Å²) in [6.07, 6.45) is 1.83. The number of hydrogen-bond acceptors (Lipinski definition) is 5. The van der Waals surface area contributed by atoms with E-state index >= 15 is 0 Å². The summed E-state index contributed by atoms with van der Waals surface area (Å²) in [5.41, 5.74) is 2.66. The number of ether oxygens (including phenoxy) is 2. The maximum atomic E-state index is 12.7. The Morgan fingerprint density at radius 3 is 2.58 bits per heavy atom. The highest BCUT2D eigenvalue weighted by molar-refractivity contribution is 8.18. The molecule has 1 N–H and O–H groups in total. The largest absolute Gasteiger partial charge is 0.490 e. The minimum Gasteiger partial charge on any atom is -0.490 e. The summed E-state index contributed by atoms with van der Waals surface area (Å²) in [6, 6.07) is 27.2. The van der Waals surface area contributed by atoms with Crippen molar-refractivity contribution < 1.29 is 14.3 Å². The second-order valence-corrected chi connectivity index (χ2v) is 9.50. The summed E-state index contributed by atoms with van der Waals surface area (Å²) >= 11 is 7.28. The number of rotatable bonds is 7. The van der Waals surface area contributed by atoms with Crippen molar-refractivity contribution in [1.29, 1.82) is 0 Å². The first-order valence-corrected chi connectivity index (χ1v) is 12.7. The van der Waals surface area contributed by atoms with Crippen LogP contribution in [0.1, 0.15) is 18.1 Å². The molecule has 0 unspecified atom stereocenters. The fourth-order valence-corrected chi connectivity index (χ4v) is 4.75. The highest BCUT2D eigenvalue weighted by Crippen LogP contribution is 2.34. The molecule has 1 heterocycles. The molecule has 0 saturated carbocycles. The summed E-state index contributed by atoms with van der Waals surface area (Å²) < 4.78 is 11.8. The lowest BCUT2D eigenvalue weighted by Gasteiger charge is -2.13. The van der Waals surface area contributed by atoms with Gasteiger partial charge in [0.05, 0.1) is 17.2 Å². The van der Waals surface area contributed by atoms with Crippen LogP contribution in [0.5, 0.6) is 11.5 Å². The molecule has 180 valence electrons. The number of hydrogen-bond donors (Lipinski definition) is 1. The minimum atomic E-state index is -0.181. The fourth-order valence-electron chi connectivity index (χ4n) is 3.79. The van der Waals surface area contributed by atoms with E-state index in [0.717, 1.165) is 27.6 Å². The summed E-state index contributed by atoms with van der Waals surface area (Å²) in [5.74, 6) is 1.07. The van der Waals surface area contributed by atoms with E-state index < -0.39 is 0 Å². The first-order chi connectivity index (χ1) is 17.6.